The first-order valence-electron chi connectivity index (χ1n) is 4.72. The molecule has 2 aromatic rings. The second-order valence-corrected chi connectivity index (χ2v) is 5.42. The number of benzene rings is 1. The largest absolute Gasteiger partial charge is 0.365 e. The van der Waals surface area contributed by atoms with E-state index in [1.165, 1.54) is 18.1 Å². The Morgan fingerprint density at radius 2 is 2.12 bits per heavy atom. The minimum Gasteiger partial charge on any atom is -0.365 e. The number of rotatable bonds is 1. The Morgan fingerprint density at radius 3 is 2.88 bits per heavy atom. The Kier molecular flexibility index (Phi) is 2.31. The number of thioether (sulfide) groups is 1. The molecule has 1 unspecified atom stereocenters. The van der Waals surface area contributed by atoms with Gasteiger partial charge in [-0.25, -0.2) is 9.67 Å². The van der Waals surface area contributed by atoms with Crippen molar-refractivity contribution in [3.63, 3.8) is 0 Å². The molecule has 6 heteroatoms. The molecule has 16 heavy (non-hydrogen) atoms. The van der Waals surface area contributed by atoms with Crippen molar-refractivity contribution in [1.82, 2.24) is 14.8 Å². The number of aliphatic hydroxyl groups is 1. The van der Waals surface area contributed by atoms with Gasteiger partial charge in [0, 0.05) is 10.0 Å². The van der Waals surface area contributed by atoms with Crippen LogP contribution in [0.2, 0.25) is 0 Å². The van der Waals surface area contributed by atoms with Gasteiger partial charge >= 0.3 is 0 Å². The molecule has 0 aliphatic carbocycles. The molecule has 1 atom stereocenters. The molecular formula is C10H8BrN3OS. The van der Waals surface area contributed by atoms with Crippen LogP contribution in [0.15, 0.2) is 40.2 Å². The molecule has 0 saturated heterocycles. The molecule has 3 rings (SSSR count). The lowest BCUT2D eigenvalue weighted by Crippen LogP contribution is -2.34. The van der Waals surface area contributed by atoms with E-state index in [9.17, 15) is 5.11 Å². The number of aromatic nitrogens is 3. The van der Waals surface area contributed by atoms with Crippen LogP contribution < -0.4 is 0 Å². The zero-order chi connectivity index (χ0) is 11.2. The molecule has 0 amide bonds. The van der Waals surface area contributed by atoms with Gasteiger partial charge in [-0.05, 0) is 12.1 Å². The smallest absolute Gasteiger partial charge is 0.196 e. The molecule has 0 spiro atoms. The maximum absolute atomic E-state index is 10.6. The summed E-state index contributed by atoms with van der Waals surface area (Å²) in [5.41, 5.74) is -0.246. The quantitative estimate of drug-likeness (QED) is 0.873. The van der Waals surface area contributed by atoms with E-state index in [1.807, 2.05) is 24.3 Å². The van der Waals surface area contributed by atoms with Gasteiger partial charge in [0.1, 0.15) is 6.33 Å². The van der Waals surface area contributed by atoms with Gasteiger partial charge in [0.15, 0.2) is 10.9 Å². The van der Waals surface area contributed by atoms with Crippen molar-refractivity contribution in [2.45, 2.75) is 10.9 Å². The topological polar surface area (TPSA) is 50.9 Å². The lowest BCUT2D eigenvalue weighted by atomic mass is 10.1. The predicted octanol–water partition coefficient (Wildman–Crippen LogP) is 1.84. The Morgan fingerprint density at radius 1 is 1.38 bits per heavy atom. The van der Waals surface area contributed by atoms with Crippen LogP contribution in [0.1, 0.15) is 5.56 Å². The molecular weight excluding hydrogens is 290 g/mol. The summed E-state index contributed by atoms with van der Waals surface area (Å²) in [6.45, 7) is 0. The first kappa shape index (κ1) is 10.3. The molecule has 1 aliphatic rings. The molecule has 0 saturated carbocycles. The number of nitrogens with zero attached hydrogens (tertiary/aromatic N) is 3. The van der Waals surface area contributed by atoms with E-state index in [2.05, 4.69) is 26.0 Å². The van der Waals surface area contributed by atoms with Gasteiger partial charge < -0.3 is 5.11 Å². The molecule has 0 radical (unpaired) electrons. The Bertz CT molecular complexity index is 527. The van der Waals surface area contributed by atoms with E-state index < -0.39 is 5.72 Å². The lowest BCUT2D eigenvalue weighted by molar-refractivity contribution is 0.0156. The second kappa shape index (κ2) is 3.58. The van der Waals surface area contributed by atoms with Gasteiger partial charge in [-0.1, -0.05) is 39.8 Å². The van der Waals surface area contributed by atoms with Crippen molar-refractivity contribution >= 4 is 27.7 Å². The third-order valence-corrected chi connectivity index (χ3v) is 4.19. The summed E-state index contributed by atoms with van der Waals surface area (Å²) < 4.78 is 2.56. The van der Waals surface area contributed by atoms with Crippen LogP contribution in [0.25, 0.3) is 0 Å². The summed E-state index contributed by atoms with van der Waals surface area (Å²) in [7, 11) is 0. The van der Waals surface area contributed by atoms with Crippen LogP contribution in [0.3, 0.4) is 0 Å². The van der Waals surface area contributed by atoms with Crippen molar-refractivity contribution in [1.29, 1.82) is 0 Å². The van der Waals surface area contributed by atoms with Crippen molar-refractivity contribution in [2.24, 2.45) is 0 Å². The average Bonchev–Trinajstić information content (AvgIpc) is 2.85. The zero-order valence-corrected chi connectivity index (χ0v) is 10.6. The minimum absolute atomic E-state index is 0.546. The Hall–Kier alpha value is -0.850. The average molecular weight is 298 g/mol. The highest BCUT2D eigenvalue weighted by molar-refractivity contribution is 9.10. The van der Waals surface area contributed by atoms with Crippen molar-refractivity contribution in [2.75, 3.05) is 5.75 Å². The summed E-state index contributed by atoms with van der Waals surface area (Å²) in [5.74, 6) is 0.546. The fraction of sp³-hybridized carbons (Fsp3) is 0.200. The van der Waals surface area contributed by atoms with Crippen molar-refractivity contribution < 1.29 is 5.11 Å². The molecule has 2 heterocycles. The fourth-order valence-electron chi connectivity index (χ4n) is 1.73. The molecule has 1 aromatic carbocycles. The van der Waals surface area contributed by atoms with E-state index in [-0.39, 0.29) is 0 Å². The predicted molar refractivity (Wildman–Crippen MR) is 64.2 cm³/mol. The summed E-state index contributed by atoms with van der Waals surface area (Å²) in [4.78, 5) is 4.08. The highest BCUT2D eigenvalue weighted by Crippen LogP contribution is 2.38. The van der Waals surface area contributed by atoms with Crippen LogP contribution in [0.5, 0.6) is 0 Å². The standard InChI is InChI=1S/C10H8BrN3OS/c11-8-3-1-7(2-4-8)10(15)5-16-9-12-6-13-14(9)10/h1-4,6,15H,5H2. The number of hydrogen-bond donors (Lipinski definition) is 1. The van der Waals surface area contributed by atoms with Gasteiger partial charge in [0.05, 0.1) is 5.75 Å². The second-order valence-electron chi connectivity index (χ2n) is 3.57. The van der Waals surface area contributed by atoms with E-state index in [1.54, 1.807) is 4.68 Å². The maximum Gasteiger partial charge on any atom is 0.196 e. The van der Waals surface area contributed by atoms with E-state index in [4.69, 9.17) is 0 Å². The van der Waals surface area contributed by atoms with Crippen molar-refractivity contribution in [3.8, 4) is 0 Å². The molecule has 1 aromatic heterocycles. The molecule has 0 bridgehead atoms. The molecule has 1 aliphatic heterocycles. The molecule has 4 nitrogen and oxygen atoms in total. The fourth-order valence-corrected chi connectivity index (χ4v) is 3.06. The molecule has 1 N–H and O–H groups in total. The SMILES string of the molecule is OC1(c2ccc(Br)cc2)CSc2ncnn21. The third-order valence-electron chi connectivity index (χ3n) is 2.58. The highest BCUT2D eigenvalue weighted by Gasteiger charge is 2.40. The van der Waals surface area contributed by atoms with Gasteiger partial charge in [-0.2, -0.15) is 5.10 Å². The van der Waals surface area contributed by atoms with Gasteiger partial charge in [0.25, 0.3) is 0 Å². The summed E-state index contributed by atoms with van der Waals surface area (Å²) in [6.07, 6.45) is 1.46. The summed E-state index contributed by atoms with van der Waals surface area (Å²) in [5, 5.41) is 15.4. The van der Waals surface area contributed by atoms with Gasteiger partial charge in [-0.3, -0.25) is 0 Å². The highest BCUT2D eigenvalue weighted by atomic mass is 79.9. The monoisotopic (exact) mass is 297 g/mol. The normalized spacial score (nSPS) is 23.4. The Balaban J connectivity index is 2.10. The van der Waals surface area contributed by atoms with Crippen molar-refractivity contribution in [3.05, 3.63) is 40.6 Å². The lowest BCUT2D eigenvalue weighted by Gasteiger charge is -2.23. The molecule has 82 valence electrons. The summed E-state index contributed by atoms with van der Waals surface area (Å²) >= 11 is 4.88. The zero-order valence-electron chi connectivity index (χ0n) is 8.17. The number of hydrogen-bond acceptors (Lipinski definition) is 4. The van der Waals surface area contributed by atoms with E-state index in [0.29, 0.717) is 5.75 Å². The van der Waals surface area contributed by atoms with Gasteiger partial charge in [-0.15, -0.1) is 0 Å². The molecule has 0 fully saturated rings. The maximum atomic E-state index is 10.6. The van der Waals surface area contributed by atoms with Gasteiger partial charge in [0.2, 0.25) is 0 Å². The Labute approximate surface area is 105 Å². The number of halogens is 1. The van der Waals surface area contributed by atoms with E-state index >= 15 is 0 Å². The first-order valence-corrected chi connectivity index (χ1v) is 6.50. The first-order chi connectivity index (χ1) is 7.70. The van der Waals surface area contributed by atoms with Crippen LogP contribution in [0.4, 0.5) is 0 Å². The van der Waals surface area contributed by atoms with Crippen LogP contribution in [-0.4, -0.2) is 25.6 Å². The third kappa shape index (κ3) is 1.41. The van der Waals surface area contributed by atoms with Crippen LogP contribution in [0, 0.1) is 0 Å². The number of fused-ring (bicyclic) bond motifs is 1. The van der Waals surface area contributed by atoms with Crippen LogP contribution in [-0.2, 0) is 5.72 Å². The van der Waals surface area contributed by atoms with E-state index in [0.717, 1.165) is 15.2 Å². The minimum atomic E-state index is -1.07. The summed E-state index contributed by atoms with van der Waals surface area (Å²) in [6, 6.07) is 7.60. The van der Waals surface area contributed by atoms with Crippen LogP contribution >= 0.6 is 27.7 Å².